The van der Waals surface area contributed by atoms with E-state index in [-0.39, 0.29) is 12.5 Å². The Labute approximate surface area is 110 Å². The standard InChI is InChI=1S/C16H25NO/c1-12(2)16(11-18)14-6-3-5-13(9-14)15-7-4-8-17-10-15/h3,5-6,9,12,15-18H,4,7-8,10-11H2,1-2H3. The molecule has 1 aromatic carbocycles. The van der Waals surface area contributed by atoms with Gasteiger partial charge in [-0.2, -0.15) is 0 Å². The second-order valence-corrected chi connectivity index (χ2v) is 5.75. The molecule has 1 heterocycles. The molecule has 1 aliphatic heterocycles. The van der Waals surface area contributed by atoms with Gasteiger partial charge in [-0.1, -0.05) is 38.1 Å². The monoisotopic (exact) mass is 247 g/mol. The first kappa shape index (κ1) is 13.6. The van der Waals surface area contributed by atoms with Gasteiger partial charge in [0.1, 0.15) is 0 Å². The van der Waals surface area contributed by atoms with Crippen molar-refractivity contribution in [2.75, 3.05) is 19.7 Å². The molecule has 1 aromatic rings. The van der Waals surface area contributed by atoms with Gasteiger partial charge in [0.05, 0.1) is 6.61 Å². The van der Waals surface area contributed by atoms with E-state index in [0.29, 0.717) is 11.8 Å². The van der Waals surface area contributed by atoms with Gasteiger partial charge < -0.3 is 10.4 Å². The normalized spacial score (nSPS) is 22.1. The lowest BCUT2D eigenvalue weighted by Gasteiger charge is -2.25. The molecule has 0 saturated carbocycles. The first-order valence-corrected chi connectivity index (χ1v) is 7.13. The molecule has 0 spiro atoms. The fourth-order valence-electron chi connectivity index (χ4n) is 2.88. The molecule has 2 nitrogen and oxygen atoms in total. The van der Waals surface area contributed by atoms with Gasteiger partial charge in [-0.3, -0.25) is 0 Å². The van der Waals surface area contributed by atoms with Crippen LogP contribution in [0.2, 0.25) is 0 Å². The fourth-order valence-corrected chi connectivity index (χ4v) is 2.88. The molecule has 2 N–H and O–H groups in total. The minimum absolute atomic E-state index is 0.240. The Morgan fingerprint density at radius 2 is 2.22 bits per heavy atom. The Hall–Kier alpha value is -0.860. The van der Waals surface area contributed by atoms with Crippen molar-refractivity contribution < 1.29 is 5.11 Å². The largest absolute Gasteiger partial charge is 0.396 e. The van der Waals surface area contributed by atoms with Gasteiger partial charge in [0.2, 0.25) is 0 Å². The van der Waals surface area contributed by atoms with Gasteiger partial charge in [-0.05, 0) is 42.3 Å². The summed E-state index contributed by atoms with van der Waals surface area (Å²) >= 11 is 0. The van der Waals surface area contributed by atoms with Crippen molar-refractivity contribution in [1.29, 1.82) is 0 Å². The van der Waals surface area contributed by atoms with Crippen molar-refractivity contribution in [1.82, 2.24) is 5.32 Å². The second-order valence-electron chi connectivity index (χ2n) is 5.75. The zero-order valence-electron chi connectivity index (χ0n) is 11.5. The molecule has 18 heavy (non-hydrogen) atoms. The number of nitrogens with one attached hydrogen (secondary N) is 1. The summed E-state index contributed by atoms with van der Waals surface area (Å²) in [5, 5.41) is 13.0. The minimum Gasteiger partial charge on any atom is -0.396 e. The molecule has 0 aliphatic carbocycles. The Kier molecular flexibility index (Phi) is 4.79. The van der Waals surface area contributed by atoms with Crippen LogP contribution in [-0.4, -0.2) is 24.8 Å². The summed E-state index contributed by atoms with van der Waals surface area (Å²) in [7, 11) is 0. The number of benzene rings is 1. The van der Waals surface area contributed by atoms with Gasteiger partial charge in [-0.15, -0.1) is 0 Å². The van der Waals surface area contributed by atoms with Crippen LogP contribution in [0.3, 0.4) is 0 Å². The Morgan fingerprint density at radius 1 is 1.39 bits per heavy atom. The molecular formula is C16H25NO. The van der Waals surface area contributed by atoms with Crippen molar-refractivity contribution in [3.63, 3.8) is 0 Å². The summed E-state index contributed by atoms with van der Waals surface area (Å²) in [6, 6.07) is 8.83. The highest BCUT2D eigenvalue weighted by molar-refractivity contribution is 5.30. The summed E-state index contributed by atoms with van der Waals surface area (Å²) in [5.74, 6) is 1.39. The lowest BCUT2D eigenvalue weighted by Crippen LogP contribution is -2.28. The van der Waals surface area contributed by atoms with Crippen molar-refractivity contribution in [2.24, 2.45) is 5.92 Å². The fraction of sp³-hybridized carbons (Fsp3) is 0.625. The smallest absolute Gasteiger partial charge is 0.0502 e. The molecular weight excluding hydrogens is 222 g/mol. The zero-order chi connectivity index (χ0) is 13.0. The maximum atomic E-state index is 9.54. The van der Waals surface area contributed by atoms with Crippen LogP contribution in [0.15, 0.2) is 24.3 Å². The highest BCUT2D eigenvalue weighted by Crippen LogP contribution is 2.29. The van der Waals surface area contributed by atoms with Gasteiger partial charge in [0.15, 0.2) is 0 Å². The van der Waals surface area contributed by atoms with Crippen molar-refractivity contribution in [2.45, 2.75) is 38.5 Å². The van der Waals surface area contributed by atoms with E-state index in [1.165, 1.54) is 24.0 Å². The highest BCUT2D eigenvalue weighted by atomic mass is 16.3. The number of aliphatic hydroxyl groups is 1. The average Bonchev–Trinajstić information content (AvgIpc) is 2.40. The van der Waals surface area contributed by atoms with Gasteiger partial charge >= 0.3 is 0 Å². The minimum atomic E-state index is 0.240. The summed E-state index contributed by atoms with van der Waals surface area (Å²) in [5.41, 5.74) is 2.72. The zero-order valence-corrected chi connectivity index (χ0v) is 11.5. The lowest BCUT2D eigenvalue weighted by molar-refractivity contribution is 0.237. The van der Waals surface area contributed by atoms with Crippen molar-refractivity contribution in [3.05, 3.63) is 35.4 Å². The van der Waals surface area contributed by atoms with E-state index >= 15 is 0 Å². The first-order valence-electron chi connectivity index (χ1n) is 7.13. The third-order valence-electron chi connectivity index (χ3n) is 4.11. The van der Waals surface area contributed by atoms with Crippen LogP contribution in [0.25, 0.3) is 0 Å². The number of piperidine rings is 1. The van der Waals surface area contributed by atoms with Crippen LogP contribution in [0, 0.1) is 5.92 Å². The van der Waals surface area contributed by atoms with Crippen LogP contribution >= 0.6 is 0 Å². The van der Waals surface area contributed by atoms with E-state index in [9.17, 15) is 5.11 Å². The predicted octanol–water partition coefficient (Wildman–Crippen LogP) is 2.89. The summed E-state index contributed by atoms with van der Waals surface area (Å²) in [4.78, 5) is 0. The van der Waals surface area contributed by atoms with Crippen LogP contribution in [0.1, 0.15) is 49.7 Å². The van der Waals surface area contributed by atoms with Gasteiger partial charge in [-0.25, -0.2) is 0 Å². The number of hydrogen-bond donors (Lipinski definition) is 2. The molecule has 100 valence electrons. The molecule has 0 radical (unpaired) electrons. The maximum Gasteiger partial charge on any atom is 0.0502 e. The van der Waals surface area contributed by atoms with Gasteiger partial charge in [0.25, 0.3) is 0 Å². The first-order chi connectivity index (χ1) is 8.72. The third-order valence-corrected chi connectivity index (χ3v) is 4.11. The topological polar surface area (TPSA) is 32.3 Å². The van der Waals surface area contributed by atoms with Gasteiger partial charge in [0, 0.05) is 12.5 Å². The number of rotatable bonds is 4. The Morgan fingerprint density at radius 3 is 2.83 bits per heavy atom. The van der Waals surface area contributed by atoms with E-state index < -0.39 is 0 Å². The molecule has 2 atom stereocenters. The van der Waals surface area contributed by atoms with E-state index in [4.69, 9.17) is 0 Å². The third kappa shape index (κ3) is 3.12. The molecule has 0 bridgehead atoms. The molecule has 1 fully saturated rings. The molecule has 1 saturated heterocycles. The molecule has 2 heteroatoms. The van der Waals surface area contributed by atoms with E-state index in [1.807, 2.05) is 0 Å². The van der Waals surface area contributed by atoms with Crippen LogP contribution < -0.4 is 5.32 Å². The molecule has 1 aliphatic rings. The maximum absolute atomic E-state index is 9.54. The van der Waals surface area contributed by atoms with Crippen molar-refractivity contribution >= 4 is 0 Å². The Balaban J connectivity index is 2.18. The predicted molar refractivity (Wildman–Crippen MR) is 76.0 cm³/mol. The highest BCUT2D eigenvalue weighted by Gasteiger charge is 2.18. The van der Waals surface area contributed by atoms with E-state index in [1.54, 1.807) is 0 Å². The summed E-state index contributed by atoms with van der Waals surface area (Å²) < 4.78 is 0. The average molecular weight is 247 g/mol. The Bertz CT molecular complexity index is 369. The second kappa shape index (κ2) is 6.35. The van der Waals surface area contributed by atoms with Crippen LogP contribution in [-0.2, 0) is 0 Å². The lowest BCUT2D eigenvalue weighted by atomic mass is 9.85. The number of aliphatic hydroxyl groups excluding tert-OH is 1. The van der Waals surface area contributed by atoms with Crippen molar-refractivity contribution in [3.8, 4) is 0 Å². The van der Waals surface area contributed by atoms with Crippen LogP contribution in [0.4, 0.5) is 0 Å². The quantitative estimate of drug-likeness (QED) is 0.857. The van der Waals surface area contributed by atoms with Crippen LogP contribution in [0.5, 0.6) is 0 Å². The SMILES string of the molecule is CC(C)C(CO)c1cccc(C2CCCNC2)c1. The molecule has 2 rings (SSSR count). The molecule has 0 amide bonds. The number of hydrogen-bond acceptors (Lipinski definition) is 2. The molecule has 2 unspecified atom stereocenters. The van der Waals surface area contributed by atoms with E-state index in [0.717, 1.165) is 13.1 Å². The van der Waals surface area contributed by atoms with E-state index in [2.05, 4.69) is 43.4 Å². The summed E-state index contributed by atoms with van der Waals surface area (Å²) in [6.45, 7) is 6.84. The summed E-state index contributed by atoms with van der Waals surface area (Å²) in [6.07, 6.45) is 2.55. The molecule has 0 aromatic heterocycles.